The van der Waals surface area contributed by atoms with Crippen molar-refractivity contribution in [2.75, 3.05) is 46.3 Å². The van der Waals surface area contributed by atoms with Crippen molar-refractivity contribution >= 4 is 10.9 Å². The van der Waals surface area contributed by atoms with Gasteiger partial charge in [0.2, 0.25) is 0 Å². The summed E-state index contributed by atoms with van der Waals surface area (Å²) < 4.78 is 0. The number of benzene rings is 1. The molecule has 0 spiro atoms. The summed E-state index contributed by atoms with van der Waals surface area (Å²) in [5, 5.41) is 0.776. The Morgan fingerprint density at radius 3 is 2.75 bits per heavy atom. The minimum absolute atomic E-state index is 0.120. The number of rotatable bonds is 3. The molecule has 2 aromatic rings. The van der Waals surface area contributed by atoms with Gasteiger partial charge in [-0.05, 0) is 25.6 Å². The van der Waals surface area contributed by atoms with Crippen LogP contribution in [-0.2, 0) is 6.54 Å². The number of aromatic amines is 1. The van der Waals surface area contributed by atoms with Gasteiger partial charge in [0.25, 0.3) is 0 Å². The topological polar surface area (TPSA) is 42.6 Å². The number of nitrogens with one attached hydrogen (secondary N) is 1. The highest BCUT2D eigenvalue weighted by Crippen LogP contribution is 2.19. The van der Waals surface area contributed by atoms with E-state index in [1.54, 1.807) is 6.07 Å². The quantitative estimate of drug-likeness (QED) is 0.925. The van der Waals surface area contributed by atoms with Crippen LogP contribution < -0.4 is 5.43 Å². The van der Waals surface area contributed by atoms with Gasteiger partial charge in [0.15, 0.2) is 5.43 Å². The van der Waals surface area contributed by atoms with Gasteiger partial charge in [0.1, 0.15) is 0 Å². The molecule has 0 bridgehead atoms. The van der Waals surface area contributed by atoms with E-state index in [0.717, 1.165) is 36.2 Å². The van der Waals surface area contributed by atoms with Gasteiger partial charge in [-0.2, -0.15) is 0 Å². The molecular weight excluding hydrogens is 300 g/mol. The van der Waals surface area contributed by atoms with E-state index in [0.29, 0.717) is 6.04 Å². The van der Waals surface area contributed by atoms with Crippen LogP contribution in [-0.4, -0.2) is 72.0 Å². The van der Waals surface area contributed by atoms with Crippen molar-refractivity contribution in [2.24, 2.45) is 0 Å². The minimum Gasteiger partial charge on any atom is -0.357 e. The van der Waals surface area contributed by atoms with Gasteiger partial charge < -0.3 is 9.88 Å². The highest BCUT2D eigenvalue weighted by molar-refractivity contribution is 5.78. The second-order valence-electron chi connectivity index (χ2n) is 7.22. The van der Waals surface area contributed by atoms with Crippen LogP contribution in [0.5, 0.6) is 0 Å². The van der Waals surface area contributed by atoms with E-state index in [1.165, 1.54) is 32.6 Å². The molecule has 3 heterocycles. The molecule has 128 valence electrons. The van der Waals surface area contributed by atoms with Crippen LogP contribution >= 0.6 is 0 Å². The Bertz CT molecular complexity index is 763. The van der Waals surface area contributed by atoms with E-state index in [4.69, 9.17) is 0 Å². The van der Waals surface area contributed by atoms with Crippen LogP contribution in [0.3, 0.4) is 0 Å². The molecule has 4 rings (SSSR count). The Morgan fingerprint density at radius 1 is 1.12 bits per heavy atom. The molecule has 1 aromatic heterocycles. The molecule has 2 fully saturated rings. The molecule has 24 heavy (non-hydrogen) atoms. The van der Waals surface area contributed by atoms with Crippen molar-refractivity contribution in [1.29, 1.82) is 0 Å². The van der Waals surface area contributed by atoms with Gasteiger partial charge in [-0.25, -0.2) is 0 Å². The molecule has 2 saturated heterocycles. The summed E-state index contributed by atoms with van der Waals surface area (Å²) in [5.41, 5.74) is 2.08. The number of fused-ring (bicyclic) bond motifs is 1. The standard InChI is InChI=1S/C19H26N4O/c1-21-8-10-23(11-9-21)16-6-7-22(14-16)13-15-12-19(24)17-4-2-3-5-18(17)20-15/h2-5,12,16H,6-11,13-14H2,1H3,(H,20,24). The van der Waals surface area contributed by atoms with Crippen molar-refractivity contribution in [3.05, 3.63) is 46.2 Å². The highest BCUT2D eigenvalue weighted by Gasteiger charge is 2.29. The number of piperazine rings is 1. The lowest BCUT2D eigenvalue weighted by Gasteiger charge is -2.36. The first-order valence-corrected chi connectivity index (χ1v) is 8.95. The van der Waals surface area contributed by atoms with Crippen LogP contribution in [0.4, 0.5) is 0 Å². The van der Waals surface area contributed by atoms with Crippen LogP contribution in [0, 0.1) is 0 Å². The zero-order valence-corrected chi connectivity index (χ0v) is 14.4. The van der Waals surface area contributed by atoms with Gasteiger partial charge in [-0.1, -0.05) is 12.1 Å². The fourth-order valence-electron chi connectivity index (χ4n) is 4.02. The zero-order chi connectivity index (χ0) is 16.5. The maximum absolute atomic E-state index is 12.3. The van der Waals surface area contributed by atoms with Crippen LogP contribution in [0.25, 0.3) is 10.9 Å². The third kappa shape index (κ3) is 3.24. The summed E-state index contributed by atoms with van der Waals surface area (Å²) in [6.07, 6.45) is 1.24. The molecular formula is C19H26N4O. The van der Waals surface area contributed by atoms with E-state index in [-0.39, 0.29) is 5.43 Å². The molecule has 2 aliphatic rings. The van der Waals surface area contributed by atoms with Gasteiger partial charge in [0, 0.05) is 74.5 Å². The summed E-state index contributed by atoms with van der Waals surface area (Å²) in [6, 6.07) is 10.2. The van der Waals surface area contributed by atoms with E-state index < -0.39 is 0 Å². The molecule has 1 atom stereocenters. The largest absolute Gasteiger partial charge is 0.357 e. The summed E-state index contributed by atoms with van der Waals surface area (Å²) in [4.78, 5) is 23.2. The first-order chi connectivity index (χ1) is 11.7. The van der Waals surface area contributed by atoms with Crippen molar-refractivity contribution < 1.29 is 0 Å². The molecule has 2 aliphatic heterocycles. The van der Waals surface area contributed by atoms with Crippen molar-refractivity contribution in [1.82, 2.24) is 19.7 Å². The highest BCUT2D eigenvalue weighted by atomic mass is 16.1. The molecule has 1 unspecified atom stereocenters. The third-order valence-electron chi connectivity index (χ3n) is 5.49. The van der Waals surface area contributed by atoms with Crippen molar-refractivity contribution in [2.45, 2.75) is 19.0 Å². The van der Waals surface area contributed by atoms with Gasteiger partial charge >= 0.3 is 0 Å². The van der Waals surface area contributed by atoms with Crippen LogP contribution in [0.15, 0.2) is 35.1 Å². The lowest BCUT2D eigenvalue weighted by Crippen LogP contribution is -2.49. The number of hydrogen-bond acceptors (Lipinski definition) is 4. The number of hydrogen-bond donors (Lipinski definition) is 1. The van der Waals surface area contributed by atoms with Crippen molar-refractivity contribution in [3.63, 3.8) is 0 Å². The fourth-order valence-corrected chi connectivity index (χ4v) is 4.02. The molecule has 5 heteroatoms. The third-order valence-corrected chi connectivity index (χ3v) is 5.49. The fraction of sp³-hybridized carbons (Fsp3) is 0.526. The first-order valence-electron chi connectivity index (χ1n) is 8.95. The second-order valence-corrected chi connectivity index (χ2v) is 7.22. The van der Waals surface area contributed by atoms with Crippen molar-refractivity contribution in [3.8, 4) is 0 Å². The Balaban J connectivity index is 1.42. The Labute approximate surface area is 142 Å². The number of H-pyrrole nitrogens is 1. The molecule has 0 amide bonds. The summed E-state index contributed by atoms with van der Waals surface area (Å²) in [7, 11) is 2.20. The smallest absolute Gasteiger partial charge is 0.189 e. The minimum atomic E-state index is 0.120. The maximum Gasteiger partial charge on any atom is 0.189 e. The summed E-state index contributed by atoms with van der Waals surface area (Å²) >= 11 is 0. The number of aromatic nitrogens is 1. The van der Waals surface area contributed by atoms with Crippen LogP contribution in [0.2, 0.25) is 0 Å². The van der Waals surface area contributed by atoms with Crippen LogP contribution in [0.1, 0.15) is 12.1 Å². The number of para-hydroxylation sites is 1. The Morgan fingerprint density at radius 2 is 1.92 bits per heavy atom. The van der Waals surface area contributed by atoms with Gasteiger partial charge in [-0.3, -0.25) is 14.6 Å². The molecule has 1 N–H and O–H groups in total. The SMILES string of the molecule is CN1CCN(C2CCN(Cc3cc(=O)c4ccccc4[nH]3)C2)CC1. The predicted octanol–water partition coefficient (Wildman–Crippen LogP) is 1.35. The second kappa shape index (κ2) is 6.67. The lowest BCUT2D eigenvalue weighted by molar-refractivity contribution is 0.112. The van der Waals surface area contributed by atoms with E-state index in [1.807, 2.05) is 24.3 Å². The summed E-state index contributed by atoms with van der Waals surface area (Å²) in [6.45, 7) is 7.78. The number of nitrogens with zero attached hydrogens (tertiary/aromatic N) is 3. The Kier molecular flexibility index (Phi) is 4.39. The molecule has 0 saturated carbocycles. The monoisotopic (exact) mass is 326 g/mol. The van der Waals surface area contributed by atoms with Gasteiger partial charge in [-0.15, -0.1) is 0 Å². The predicted molar refractivity (Wildman–Crippen MR) is 97.3 cm³/mol. The van der Waals surface area contributed by atoms with E-state index in [2.05, 4.69) is 26.7 Å². The Hall–Kier alpha value is -1.69. The first kappa shape index (κ1) is 15.8. The maximum atomic E-state index is 12.3. The summed E-state index contributed by atoms with van der Waals surface area (Å²) in [5.74, 6) is 0. The van der Waals surface area contributed by atoms with E-state index in [9.17, 15) is 4.79 Å². The number of pyridine rings is 1. The lowest BCUT2D eigenvalue weighted by atomic mass is 10.2. The van der Waals surface area contributed by atoms with E-state index >= 15 is 0 Å². The molecule has 0 aliphatic carbocycles. The zero-order valence-electron chi connectivity index (χ0n) is 14.4. The normalized spacial score (nSPS) is 24.0. The van der Waals surface area contributed by atoms with Gasteiger partial charge in [0.05, 0.1) is 0 Å². The molecule has 1 aromatic carbocycles. The number of likely N-dealkylation sites (N-methyl/N-ethyl adjacent to an activating group) is 1. The average molecular weight is 326 g/mol. The molecule has 5 nitrogen and oxygen atoms in total. The number of likely N-dealkylation sites (tertiary alicyclic amines) is 1. The molecule has 0 radical (unpaired) electrons. The average Bonchev–Trinajstić information content (AvgIpc) is 3.04.